The molecule has 0 heterocycles. The van der Waals surface area contributed by atoms with Crippen LogP contribution in [-0.2, 0) is 4.79 Å². The first kappa shape index (κ1) is 17.7. The molecule has 0 fully saturated rings. The first-order valence-corrected chi connectivity index (χ1v) is 7.17. The van der Waals surface area contributed by atoms with Gasteiger partial charge in [0.05, 0.1) is 6.54 Å². The number of para-hydroxylation sites is 1. The quantitative estimate of drug-likeness (QED) is 0.610. The molecule has 1 aromatic carbocycles. The largest absolute Gasteiger partial charge is 0.486 e. The van der Waals surface area contributed by atoms with E-state index in [2.05, 4.69) is 10.6 Å². The van der Waals surface area contributed by atoms with E-state index in [1.165, 1.54) is 12.1 Å². The Morgan fingerprint density at radius 1 is 1.32 bits per heavy atom. The van der Waals surface area contributed by atoms with Gasteiger partial charge in [-0.2, -0.15) is 0 Å². The van der Waals surface area contributed by atoms with Crippen LogP contribution < -0.4 is 15.4 Å². The fourth-order valence-electron chi connectivity index (χ4n) is 1.70. The SMILES string of the molecule is CCC(CNC(=O)NCCCC(=O)O)Oc1ccccc1F. The van der Waals surface area contributed by atoms with Crippen LogP contribution in [0.4, 0.5) is 9.18 Å². The van der Waals surface area contributed by atoms with Crippen molar-refractivity contribution in [3.05, 3.63) is 30.1 Å². The van der Waals surface area contributed by atoms with Crippen LogP contribution >= 0.6 is 0 Å². The summed E-state index contributed by atoms with van der Waals surface area (Å²) in [6.45, 7) is 2.39. The van der Waals surface area contributed by atoms with Crippen LogP contribution in [-0.4, -0.2) is 36.3 Å². The maximum atomic E-state index is 13.5. The van der Waals surface area contributed by atoms with E-state index < -0.39 is 17.8 Å². The molecule has 1 unspecified atom stereocenters. The van der Waals surface area contributed by atoms with Gasteiger partial charge in [0.25, 0.3) is 0 Å². The van der Waals surface area contributed by atoms with Crippen molar-refractivity contribution in [2.24, 2.45) is 0 Å². The molecule has 1 atom stereocenters. The predicted octanol–water partition coefficient (Wildman–Crippen LogP) is 2.15. The summed E-state index contributed by atoms with van der Waals surface area (Å²) >= 11 is 0. The van der Waals surface area contributed by atoms with Gasteiger partial charge >= 0.3 is 12.0 Å². The van der Waals surface area contributed by atoms with E-state index in [9.17, 15) is 14.0 Å². The molecule has 3 N–H and O–H groups in total. The van der Waals surface area contributed by atoms with Crippen LogP contribution in [0.2, 0.25) is 0 Å². The number of carboxylic acid groups (broad SMARTS) is 1. The number of halogens is 1. The Hall–Kier alpha value is -2.31. The number of ether oxygens (including phenoxy) is 1. The van der Waals surface area contributed by atoms with Gasteiger partial charge in [-0.3, -0.25) is 4.79 Å². The Morgan fingerprint density at radius 2 is 2.05 bits per heavy atom. The zero-order valence-corrected chi connectivity index (χ0v) is 12.5. The number of benzene rings is 1. The molecule has 6 nitrogen and oxygen atoms in total. The fraction of sp³-hybridized carbons (Fsp3) is 0.467. The lowest BCUT2D eigenvalue weighted by molar-refractivity contribution is -0.137. The standard InChI is InChI=1S/C15H21FN2O4/c1-2-11(22-13-7-4-3-6-12(13)16)10-18-15(21)17-9-5-8-14(19)20/h3-4,6-7,11H,2,5,8-10H2,1H3,(H,19,20)(H2,17,18,21). The van der Waals surface area contributed by atoms with Crippen LogP contribution in [0.5, 0.6) is 5.75 Å². The van der Waals surface area contributed by atoms with Gasteiger partial charge < -0.3 is 20.5 Å². The van der Waals surface area contributed by atoms with Crippen molar-refractivity contribution in [2.45, 2.75) is 32.3 Å². The van der Waals surface area contributed by atoms with E-state index in [0.29, 0.717) is 12.8 Å². The molecule has 2 amide bonds. The Labute approximate surface area is 128 Å². The highest BCUT2D eigenvalue weighted by atomic mass is 19.1. The number of carbonyl (C=O) groups excluding carboxylic acids is 1. The van der Waals surface area contributed by atoms with Gasteiger partial charge in [-0.1, -0.05) is 19.1 Å². The summed E-state index contributed by atoms with van der Waals surface area (Å²) in [5.41, 5.74) is 0. The lowest BCUT2D eigenvalue weighted by Gasteiger charge is -2.18. The van der Waals surface area contributed by atoms with Crippen molar-refractivity contribution in [2.75, 3.05) is 13.1 Å². The second-order valence-corrected chi connectivity index (χ2v) is 4.71. The third kappa shape index (κ3) is 6.92. The lowest BCUT2D eigenvalue weighted by atomic mass is 10.2. The number of carboxylic acids is 1. The number of aliphatic carboxylic acids is 1. The molecular formula is C15H21FN2O4. The first-order valence-electron chi connectivity index (χ1n) is 7.17. The molecule has 1 aromatic rings. The van der Waals surface area contributed by atoms with Crippen molar-refractivity contribution < 1.29 is 23.8 Å². The summed E-state index contributed by atoms with van der Waals surface area (Å²) < 4.78 is 19.0. The van der Waals surface area contributed by atoms with E-state index in [-0.39, 0.29) is 31.4 Å². The number of urea groups is 1. The zero-order valence-electron chi connectivity index (χ0n) is 12.5. The average Bonchev–Trinajstić information content (AvgIpc) is 2.49. The summed E-state index contributed by atoms with van der Waals surface area (Å²) in [6.07, 6.45) is 0.634. The molecule has 0 aliphatic rings. The fourth-order valence-corrected chi connectivity index (χ4v) is 1.70. The van der Waals surface area contributed by atoms with E-state index >= 15 is 0 Å². The maximum absolute atomic E-state index is 13.5. The minimum absolute atomic E-state index is 0.00819. The summed E-state index contributed by atoms with van der Waals surface area (Å²) in [7, 11) is 0. The highest BCUT2D eigenvalue weighted by Crippen LogP contribution is 2.17. The molecule has 0 spiro atoms. The monoisotopic (exact) mass is 312 g/mol. The van der Waals surface area contributed by atoms with Gasteiger partial charge in [-0.25, -0.2) is 9.18 Å². The van der Waals surface area contributed by atoms with Gasteiger partial charge in [0.15, 0.2) is 11.6 Å². The number of hydrogen-bond acceptors (Lipinski definition) is 3. The van der Waals surface area contributed by atoms with Crippen LogP contribution in [0.25, 0.3) is 0 Å². The molecule has 22 heavy (non-hydrogen) atoms. The van der Waals surface area contributed by atoms with E-state index in [0.717, 1.165) is 0 Å². The summed E-state index contributed by atoms with van der Waals surface area (Å²) in [5.74, 6) is -1.19. The third-order valence-electron chi connectivity index (χ3n) is 2.93. The maximum Gasteiger partial charge on any atom is 0.314 e. The Balaban J connectivity index is 2.30. The molecule has 0 radical (unpaired) electrons. The molecule has 1 rings (SSSR count). The highest BCUT2D eigenvalue weighted by Gasteiger charge is 2.12. The van der Waals surface area contributed by atoms with Gasteiger partial charge in [-0.15, -0.1) is 0 Å². The number of carbonyl (C=O) groups is 2. The van der Waals surface area contributed by atoms with Crippen molar-refractivity contribution in [3.63, 3.8) is 0 Å². The predicted molar refractivity (Wildman–Crippen MR) is 79.4 cm³/mol. The summed E-state index contributed by atoms with van der Waals surface area (Å²) in [6, 6.07) is 5.69. The van der Waals surface area contributed by atoms with E-state index in [1.54, 1.807) is 12.1 Å². The van der Waals surface area contributed by atoms with Crippen molar-refractivity contribution in [3.8, 4) is 5.75 Å². The third-order valence-corrected chi connectivity index (χ3v) is 2.93. The van der Waals surface area contributed by atoms with Crippen LogP contribution in [0.3, 0.4) is 0 Å². The van der Waals surface area contributed by atoms with Gasteiger partial charge in [0.2, 0.25) is 0 Å². The number of hydrogen-bond donors (Lipinski definition) is 3. The van der Waals surface area contributed by atoms with Crippen LogP contribution in [0.1, 0.15) is 26.2 Å². The van der Waals surface area contributed by atoms with E-state index in [1.807, 2.05) is 6.92 Å². The average molecular weight is 312 g/mol. The molecule has 122 valence electrons. The number of nitrogens with one attached hydrogen (secondary N) is 2. The molecule has 0 aliphatic heterocycles. The van der Waals surface area contributed by atoms with Crippen molar-refractivity contribution in [1.29, 1.82) is 0 Å². The number of rotatable bonds is 9. The second kappa shape index (κ2) is 9.59. The van der Waals surface area contributed by atoms with Crippen molar-refractivity contribution in [1.82, 2.24) is 10.6 Å². The molecule has 7 heteroatoms. The van der Waals surface area contributed by atoms with E-state index in [4.69, 9.17) is 9.84 Å². The van der Waals surface area contributed by atoms with Crippen LogP contribution in [0, 0.1) is 5.82 Å². The minimum Gasteiger partial charge on any atom is -0.486 e. The topological polar surface area (TPSA) is 87.7 Å². The molecule has 0 aliphatic carbocycles. The zero-order chi connectivity index (χ0) is 16.4. The normalized spacial score (nSPS) is 11.5. The smallest absolute Gasteiger partial charge is 0.314 e. The second-order valence-electron chi connectivity index (χ2n) is 4.71. The Kier molecular flexibility index (Phi) is 7.74. The lowest BCUT2D eigenvalue weighted by Crippen LogP contribution is -2.41. The molecule has 0 saturated carbocycles. The Morgan fingerprint density at radius 3 is 2.68 bits per heavy atom. The van der Waals surface area contributed by atoms with Gasteiger partial charge in [0, 0.05) is 13.0 Å². The molecular weight excluding hydrogens is 291 g/mol. The summed E-state index contributed by atoms with van der Waals surface area (Å²) in [4.78, 5) is 21.9. The number of amides is 2. The molecule has 0 aromatic heterocycles. The van der Waals surface area contributed by atoms with Crippen molar-refractivity contribution >= 4 is 12.0 Å². The first-order chi connectivity index (χ1) is 10.5. The minimum atomic E-state index is -0.897. The van der Waals surface area contributed by atoms with Crippen LogP contribution in [0.15, 0.2) is 24.3 Å². The van der Waals surface area contributed by atoms with Gasteiger partial charge in [-0.05, 0) is 25.0 Å². The molecule has 0 saturated heterocycles. The summed E-state index contributed by atoms with van der Waals surface area (Å²) in [5, 5.41) is 13.6. The van der Waals surface area contributed by atoms with Gasteiger partial charge in [0.1, 0.15) is 6.10 Å². The molecule has 0 bridgehead atoms. The Bertz CT molecular complexity index is 496. The highest BCUT2D eigenvalue weighted by molar-refractivity contribution is 5.73.